The molecule has 2 aliphatic rings. The van der Waals surface area contributed by atoms with Crippen LogP contribution < -0.4 is 15.2 Å². The van der Waals surface area contributed by atoms with Gasteiger partial charge in [-0.2, -0.15) is 20.1 Å². The van der Waals surface area contributed by atoms with Gasteiger partial charge in [0, 0.05) is 26.2 Å². The smallest absolute Gasteiger partial charge is 0.250 e. The molecule has 32 heavy (non-hydrogen) atoms. The predicted octanol–water partition coefficient (Wildman–Crippen LogP) is 3.99. The number of hydrogen-bond acceptors (Lipinski definition) is 7. The summed E-state index contributed by atoms with van der Waals surface area (Å²) in [5.74, 6) is -9.31. The molecule has 0 unspecified atom stereocenters. The Kier molecular flexibility index (Phi) is 6.66. The van der Waals surface area contributed by atoms with Crippen LogP contribution in [0.2, 0.25) is 0 Å². The van der Waals surface area contributed by atoms with Crippen LogP contribution in [0.3, 0.4) is 0 Å². The van der Waals surface area contributed by atoms with Crippen molar-refractivity contribution < 1.29 is 22.0 Å². The van der Waals surface area contributed by atoms with Crippen LogP contribution in [0.15, 0.2) is 5.10 Å². The van der Waals surface area contributed by atoms with Crippen molar-refractivity contribution >= 4 is 24.1 Å². The van der Waals surface area contributed by atoms with E-state index in [0.29, 0.717) is 18.1 Å². The molecule has 0 amide bonds. The Morgan fingerprint density at radius 2 is 1.06 bits per heavy atom. The Morgan fingerprint density at radius 1 is 0.625 bits per heavy atom. The summed E-state index contributed by atoms with van der Waals surface area (Å²) in [6.07, 6.45) is 6.78. The average molecular weight is 455 g/mol. The maximum Gasteiger partial charge on any atom is 0.250 e. The van der Waals surface area contributed by atoms with Crippen LogP contribution in [0.5, 0.6) is 0 Å². The second-order valence-corrected chi connectivity index (χ2v) is 7.71. The average Bonchev–Trinajstić information content (AvgIpc) is 2.84. The molecule has 2 saturated heterocycles. The van der Waals surface area contributed by atoms with Crippen LogP contribution in [0.4, 0.5) is 39.8 Å². The number of benzene rings is 1. The van der Waals surface area contributed by atoms with Gasteiger partial charge >= 0.3 is 0 Å². The van der Waals surface area contributed by atoms with Gasteiger partial charge in [-0.3, -0.25) is 0 Å². The Balaban J connectivity index is 1.61. The topological polar surface area (TPSA) is 69.5 Å². The highest BCUT2D eigenvalue weighted by Gasteiger charge is 2.25. The van der Waals surface area contributed by atoms with E-state index in [2.05, 4.69) is 25.5 Å². The minimum Gasteiger partial charge on any atom is -0.341 e. The van der Waals surface area contributed by atoms with Gasteiger partial charge in [-0.1, -0.05) is 0 Å². The van der Waals surface area contributed by atoms with Gasteiger partial charge in [0.1, 0.15) is 0 Å². The first kappa shape index (κ1) is 22.2. The highest BCUT2D eigenvalue weighted by molar-refractivity contribution is 5.81. The quantitative estimate of drug-likeness (QED) is 0.242. The first-order valence-electron chi connectivity index (χ1n) is 10.5. The highest BCUT2D eigenvalue weighted by Crippen LogP contribution is 2.24. The minimum absolute atomic E-state index is 0.0151. The molecular formula is C20H22F5N7. The van der Waals surface area contributed by atoms with E-state index in [1.807, 2.05) is 9.80 Å². The van der Waals surface area contributed by atoms with Gasteiger partial charge in [-0.05, 0) is 38.5 Å². The molecule has 0 atom stereocenters. The monoisotopic (exact) mass is 455 g/mol. The molecule has 4 rings (SSSR count). The fraction of sp³-hybridized carbons (Fsp3) is 0.500. The van der Waals surface area contributed by atoms with E-state index in [1.54, 1.807) is 0 Å². The van der Waals surface area contributed by atoms with Crippen LogP contribution >= 0.6 is 0 Å². The summed E-state index contributed by atoms with van der Waals surface area (Å²) in [5, 5.41) is 3.62. The molecule has 1 N–H and O–H groups in total. The molecule has 2 fully saturated rings. The van der Waals surface area contributed by atoms with Crippen molar-refractivity contribution in [3.05, 3.63) is 34.6 Å². The number of rotatable bonds is 5. The summed E-state index contributed by atoms with van der Waals surface area (Å²) in [7, 11) is 0. The van der Waals surface area contributed by atoms with Gasteiger partial charge in [0.25, 0.3) is 0 Å². The van der Waals surface area contributed by atoms with E-state index in [-0.39, 0.29) is 5.95 Å². The number of aromatic nitrogens is 3. The summed E-state index contributed by atoms with van der Waals surface area (Å²) >= 11 is 0. The number of hydrogen-bond donors (Lipinski definition) is 1. The van der Waals surface area contributed by atoms with Crippen LogP contribution in [-0.2, 0) is 0 Å². The second kappa shape index (κ2) is 9.61. The molecule has 12 heteroatoms. The summed E-state index contributed by atoms with van der Waals surface area (Å²) in [4.78, 5) is 17.3. The number of nitrogens with one attached hydrogen (secondary N) is 1. The van der Waals surface area contributed by atoms with E-state index >= 15 is 0 Å². The van der Waals surface area contributed by atoms with Crippen LogP contribution in [0.25, 0.3) is 0 Å². The first-order chi connectivity index (χ1) is 15.5. The third-order valence-electron chi connectivity index (χ3n) is 5.49. The molecule has 0 radical (unpaired) electrons. The molecule has 3 heterocycles. The van der Waals surface area contributed by atoms with Crippen LogP contribution in [0.1, 0.15) is 44.1 Å². The van der Waals surface area contributed by atoms with Gasteiger partial charge in [0.15, 0.2) is 23.3 Å². The highest BCUT2D eigenvalue weighted by atomic mass is 19.2. The SMILES string of the molecule is Fc1c(F)c(F)c(/C=N\Nc2nc(N3CCCCC3)nc(N3CCCCC3)n2)c(F)c1F. The van der Waals surface area contributed by atoms with Gasteiger partial charge in [-0.15, -0.1) is 0 Å². The van der Waals surface area contributed by atoms with Crippen LogP contribution in [-0.4, -0.2) is 47.3 Å². The lowest BCUT2D eigenvalue weighted by Gasteiger charge is -2.30. The predicted molar refractivity (Wildman–Crippen MR) is 109 cm³/mol. The van der Waals surface area contributed by atoms with E-state index < -0.39 is 34.6 Å². The fourth-order valence-electron chi connectivity index (χ4n) is 3.76. The van der Waals surface area contributed by atoms with E-state index in [1.165, 1.54) is 0 Å². The Hall–Kier alpha value is -3.05. The summed E-state index contributed by atoms with van der Waals surface area (Å²) in [6.45, 7) is 3.15. The molecule has 2 aliphatic heterocycles. The lowest BCUT2D eigenvalue weighted by Crippen LogP contribution is -2.34. The zero-order valence-electron chi connectivity index (χ0n) is 17.2. The first-order valence-corrected chi connectivity index (χ1v) is 10.5. The van der Waals surface area contributed by atoms with Crippen molar-refractivity contribution in [2.45, 2.75) is 38.5 Å². The Morgan fingerprint density at radius 3 is 1.53 bits per heavy atom. The molecule has 0 saturated carbocycles. The molecule has 0 aliphatic carbocycles. The number of anilines is 3. The van der Waals surface area contributed by atoms with Crippen molar-refractivity contribution in [3.63, 3.8) is 0 Å². The number of hydrazone groups is 1. The Bertz CT molecular complexity index is 939. The van der Waals surface area contributed by atoms with Crippen molar-refractivity contribution in [3.8, 4) is 0 Å². The third kappa shape index (κ3) is 4.58. The van der Waals surface area contributed by atoms with E-state index in [4.69, 9.17) is 0 Å². The van der Waals surface area contributed by atoms with Crippen molar-refractivity contribution in [1.82, 2.24) is 15.0 Å². The molecule has 1 aromatic heterocycles. The normalized spacial score (nSPS) is 17.3. The maximum atomic E-state index is 13.8. The van der Waals surface area contributed by atoms with Gasteiger partial charge in [0.2, 0.25) is 23.7 Å². The van der Waals surface area contributed by atoms with Crippen molar-refractivity contribution in [1.29, 1.82) is 0 Å². The van der Waals surface area contributed by atoms with Crippen molar-refractivity contribution in [2.75, 3.05) is 41.4 Å². The molecule has 0 spiro atoms. The molecule has 1 aromatic carbocycles. The van der Waals surface area contributed by atoms with Crippen LogP contribution in [0, 0.1) is 29.1 Å². The second-order valence-electron chi connectivity index (χ2n) is 7.71. The zero-order chi connectivity index (χ0) is 22.7. The minimum atomic E-state index is -2.22. The van der Waals surface area contributed by atoms with E-state index in [0.717, 1.165) is 64.7 Å². The standard InChI is InChI=1S/C20H22F5N7/c21-13-12(14(22)16(24)17(25)15(13)23)11-26-30-18-27-19(31-7-3-1-4-8-31)29-20(28-18)32-9-5-2-6-10-32/h11H,1-10H2,(H,27,28,29,30)/b26-11-. The molecule has 2 aromatic rings. The van der Waals surface area contributed by atoms with Gasteiger partial charge in [0.05, 0.1) is 11.8 Å². The summed E-state index contributed by atoms with van der Waals surface area (Å²) in [5.41, 5.74) is 1.29. The molecular weight excluding hydrogens is 433 g/mol. The number of nitrogens with zero attached hydrogens (tertiary/aromatic N) is 6. The lowest BCUT2D eigenvalue weighted by molar-refractivity contribution is 0.377. The fourth-order valence-corrected chi connectivity index (χ4v) is 3.76. The van der Waals surface area contributed by atoms with Gasteiger partial charge < -0.3 is 9.80 Å². The Labute approximate surface area is 181 Å². The third-order valence-corrected chi connectivity index (χ3v) is 5.49. The zero-order valence-corrected chi connectivity index (χ0v) is 17.2. The van der Waals surface area contributed by atoms with Crippen molar-refractivity contribution in [2.24, 2.45) is 5.10 Å². The summed E-state index contributed by atoms with van der Waals surface area (Å²) < 4.78 is 67.7. The van der Waals surface area contributed by atoms with Gasteiger partial charge in [-0.25, -0.2) is 27.4 Å². The maximum absolute atomic E-state index is 13.8. The molecule has 7 nitrogen and oxygen atoms in total. The summed E-state index contributed by atoms with van der Waals surface area (Å²) in [6, 6.07) is 0. The molecule has 172 valence electrons. The number of piperidine rings is 2. The largest absolute Gasteiger partial charge is 0.341 e. The lowest BCUT2D eigenvalue weighted by atomic mass is 10.1. The molecule has 0 bridgehead atoms. The van der Waals surface area contributed by atoms with E-state index in [9.17, 15) is 22.0 Å². The number of halogens is 5.